The summed E-state index contributed by atoms with van der Waals surface area (Å²) in [6.07, 6.45) is 0. The van der Waals surface area contributed by atoms with E-state index < -0.39 is 0 Å². The molecule has 2 aromatic carbocycles. The van der Waals surface area contributed by atoms with Crippen LogP contribution in [0.3, 0.4) is 0 Å². The minimum absolute atomic E-state index is 0.0539. The molecule has 0 spiro atoms. The van der Waals surface area contributed by atoms with Gasteiger partial charge in [-0.2, -0.15) is 0 Å². The van der Waals surface area contributed by atoms with Crippen molar-refractivity contribution >= 4 is 11.6 Å². The minimum Gasteiger partial charge on any atom is -0.491 e. The standard InChI is InChI=1S/C21H27N3O2/c1-22(2)16-17-26-20-11-7-6-10-19(20)21(25)24-14-12-23(13-15-24)18-8-4-3-5-9-18/h3-11H,12-17H2,1-2H3. The molecule has 138 valence electrons. The number of piperazine rings is 1. The van der Waals surface area contributed by atoms with E-state index in [9.17, 15) is 4.79 Å². The first-order valence-corrected chi connectivity index (χ1v) is 9.11. The van der Waals surface area contributed by atoms with Gasteiger partial charge in [0, 0.05) is 38.4 Å². The molecule has 3 rings (SSSR count). The number of benzene rings is 2. The summed E-state index contributed by atoms with van der Waals surface area (Å²) < 4.78 is 5.85. The lowest BCUT2D eigenvalue weighted by Gasteiger charge is -2.36. The number of rotatable bonds is 6. The van der Waals surface area contributed by atoms with Gasteiger partial charge in [0.15, 0.2) is 0 Å². The van der Waals surface area contributed by atoms with E-state index in [2.05, 4.69) is 21.9 Å². The van der Waals surface area contributed by atoms with Crippen molar-refractivity contribution in [2.24, 2.45) is 0 Å². The molecule has 1 fully saturated rings. The van der Waals surface area contributed by atoms with Gasteiger partial charge < -0.3 is 19.4 Å². The van der Waals surface area contributed by atoms with Crippen molar-refractivity contribution < 1.29 is 9.53 Å². The fourth-order valence-corrected chi connectivity index (χ4v) is 3.08. The molecule has 1 aliphatic rings. The zero-order chi connectivity index (χ0) is 18.4. The van der Waals surface area contributed by atoms with E-state index in [1.165, 1.54) is 5.69 Å². The molecular formula is C21H27N3O2. The van der Waals surface area contributed by atoms with Gasteiger partial charge in [-0.15, -0.1) is 0 Å². The molecule has 5 heteroatoms. The molecule has 0 aromatic heterocycles. The van der Waals surface area contributed by atoms with Gasteiger partial charge in [0.2, 0.25) is 0 Å². The number of hydrogen-bond acceptors (Lipinski definition) is 4. The minimum atomic E-state index is 0.0539. The van der Waals surface area contributed by atoms with E-state index in [1.807, 2.05) is 61.5 Å². The van der Waals surface area contributed by atoms with Crippen molar-refractivity contribution in [2.75, 3.05) is 58.3 Å². The molecule has 2 aromatic rings. The Hall–Kier alpha value is -2.53. The molecule has 26 heavy (non-hydrogen) atoms. The lowest BCUT2D eigenvalue weighted by atomic mass is 10.1. The molecule has 0 bridgehead atoms. The van der Waals surface area contributed by atoms with E-state index in [-0.39, 0.29) is 5.91 Å². The predicted molar refractivity (Wildman–Crippen MR) is 105 cm³/mol. The van der Waals surface area contributed by atoms with Crippen LogP contribution < -0.4 is 9.64 Å². The van der Waals surface area contributed by atoms with Crippen molar-refractivity contribution in [1.82, 2.24) is 9.80 Å². The van der Waals surface area contributed by atoms with Crippen molar-refractivity contribution in [3.63, 3.8) is 0 Å². The molecular weight excluding hydrogens is 326 g/mol. The monoisotopic (exact) mass is 353 g/mol. The molecule has 0 N–H and O–H groups in total. The van der Waals surface area contributed by atoms with E-state index in [4.69, 9.17) is 4.74 Å². The van der Waals surface area contributed by atoms with Gasteiger partial charge in [-0.1, -0.05) is 30.3 Å². The quantitative estimate of drug-likeness (QED) is 0.800. The third-order valence-corrected chi connectivity index (χ3v) is 4.60. The first-order valence-electron chi connectivity index (χ1n) is 9.11. The van der Waals surface area contributed by atoms with Crippen LogP contribution in [0.15, 0.2) is 54.6 Å². The Balaban J connectivity index is 1.62. The Bertz CT molecular complexity index is 710. The van der Waals surface area contributed by atoms with Crippen LogP contribution in [0, 0.1) is 0 Å². The smallest absolute Gasteiger partial charge is 0.257 e. The van der Waals surface area contributed by atoms with Crippen LogP contribution in [0.25, 0.3) is 0 Å². The summed E-state index contributed by atoms with van der Waals surface area (Å²) in [5, 5.41) is 0. The van der Waals surface area contributed by atoms with Gasteiger partial charge in [0.25, 0.3) is 5.91 Å². The Morgan fingerprint density at radius 2 is 1.62 bits per heavy atom. The summed E-state index contributed by atoms with van der Waals surface area (Å²) >= 11 is 0. The summed E-state index contributed by atoms with van der Waals surface area (Å²) in [5.74, 6) is 0.725. The maximum atomic E-state index is 13.0. The Kier molecular flexibility index (Phi) is 6.12. The molecule has 0 aliphatic carbocycles. The van der Waals surface area contributed by atoms with Gasteiger partial charge in [0.1, 0.15) is 12.4 Å². The first-order chi connectivity index (χ1) is 12.6. The van der Waals surface area contributed by atoms with Crippen LogP contribution in [-0.2, 0) is 0 Å². The third-order valence-electron chi connectivity index (χ3n) is 4.60. The maximum Gasteiger partial charge on any atom is 0.257 e. The number of nitrogens with zero attached hydrogens (tertiary/aromatic N) is 3. The number of carbonyl (C=O) groups is 1. The zero-order valence-electron chi connectivity index (χ0n) is 15.6. The van der Waals surface area contributed by atoms with E-state index in [0.717, 1.165) is 32.7 Å². The fraction of sp³-hybridized carbons (Fsp3) is 0.381. The van der Waals surface area contributed by atoms with E-state index >= 15 is 0 Å². The van der Waals surface area contributed by atoms with Crippen LogP contribution in [0.5, 0.6) is 5.75 Å². The largest absolute Gasteiger partial charge is 0.491 e. The number of carbonyl (C=O) groups excluding carboxylic acids is 1. The SMILES string of the molecule is CN(C)CCOc1ccccc1C(=O)N1CCN(c2ccccc2)CC1. The van der Waals surface area contributed by atoms with Gasteiger partial charge in [-0.05, 0) is 38.4 Å². The molecule has 1 saturated heterocycles. The molecule has 5 nitrogen and oxygen atoms in total. The van der Waals surface area contributed by atoms with Crippen molar-refractivity contribution in [2.45, 2.75) is 0 Å². The van der Waals surface area contributed by atoms with Crippen LogP contribution >= 0.6 is 0 Å². The van der Waals surface area contributed by atoms with Crippen LogP contribution in [0.1, 0.15) is 10.4 Å². The molecule has 0 radical (unpaired) electrons. The second kappa shape index (κ2) is 8.72. The van der Waals surface area contributed by atoms with Crippen molar-refractivity contribution in [3.8, 4) is 5.75 Å². The van der Waals surface area contributed by atoms with Gasteiger partial charge in [-0.3, -0.25) is 4.79 Å². The number of ether oxygens (including phenoxy) is 1. The highest BCUT2D eigenvalue weighted by atomic mass is 16.5. The van der Waals surface area contributed by atoms with Gasteiger partial charge >= 0.3 is 0 Å². The molecule has 1 heterocycles. The number of likely N-dealkylation sites (N-methyl/N-ethyl adjacent to an activating group) is 1. The topological polar surface area (TPSA) is 36.0 Å². The van der Waals surface area contributed by atoms with E-state index in [1.54, 1.807) is 0 Å². The molecule has 0 saturated carbocycles. The van der Waals surface area contributed by atoms with Crippen LogP contribution in [0.4, 0.5) is 5.69 Å². The second-order valence-corrected chi connectivity index (χ2v) is 6.76. The number of anilines is 1. The highest BCUT2D eigenvalue weighted by Crippen LogP contribution is 2.22. The maximum absolute atomic E-state index is 13.0. The van der Waals surface area contributed by atoms with Crippen LogP contribution in [-0.4, -0.2) is 69.1 Å². The summed E-state index contributed by atoms with van der Waals surface area (Å²) in [6.45, 7) is 4.52. The zero-order valence-corrected chi connectivity index (χ0v) is 15.6. The van der Waals surface area contributed by atoms with Gasteiger partial charge in [-0.25, -0.2) is 0 Å². The molecule has 1 aliphatic heterocycles. The number of para-hydroxylation sites is 2. The summed E-state index contributed by atoms with van der Waals surface area (Å²) in [7, 11) is 4.01. The average Bonchev–Trinajstić information content (AvgIpc) is 2.68. The number of amides is 1. The van der Waals surface area contributed by atoms with Crippen molar-refractivity contribution in [3.05, 3.63) is 60.2 Å². The van der Waals surface area contributed by atoms with E-state index in [0.29, 0.717) is 17.9 Å². The lowest BCUT2D eigenvalue weighted by molar-refractivity contribution is 0.0742. The summed E-state index contributed by atoms with van der Waals surface area (Å²) in [4.78, 5) is 19.3. The second-order valence-electron chi connectivity index (χ2n) is 6.76. The molecule has 0 unspecified atom stereocenters. The Morgan fingerprint density at radius 1 is 0.962 bits per heavy atom. The fourth-order valence-electron chi connectivity index (χ4n) is 3.08. The Morgan fingerprint density at radius 3 is 2.31 bits per heavy atom. The normalized spacial score (nSPS) is 14.6. The van der Waals surface area contributed by atoms with Crippen LogP contribution in [0.2, 0.25) is 0 Å². The molecule has 1 amide bonds. The van der Waals surface area contributed by atoms with Gasteiger partial charge in [0.05, 0.1) is 5.56 Å². The molecule has 0 atom stereocenters. The first kappa shape index (κ1) is 18.3. The summed E-state index contributed by atoms with van der Waals surface area (Å²) in [6, 6.07) is 17.9. The predicted octanol–water partition coefficient (Wildman–Crippen LogP) is 2.59. The number of hydrogen-bond donors (Lipinski definition) is 0. The summed E-state index contributed by atoms with van der Waals surface area (Å²) in [5.41, 5.74) is 1.87. The lowest BCUT2D eigenvalue weighted by Crippen LogP contribution is -2.48. The average molecular weight is 353 g/mol. The highest BCUT2D eigenvalue weighted by Gasteiger charge is 2.24. The Labute approximate surface area is 155 Å². The highest BCUT2D eigenvalue weighted by molar-refractivity contribution is 5.97. The third kappa shape index (κ3) is 4.55. The van der Waals surface area contributed by atoms with Crippen molar-refractivity contribution in [1.29, 1.82) is 0 Å².